The van der Waals surface area contributed by atoms with Crippen LogP contribution in [-0.2, 0) is 17.7 Å². The fourth-order valence-electron chi connectivity index (χ4n) is 2.75. The molecule has 0 bridgehead atoms. The molecule has 23 heavy (non-hydrogen) atoms. The number of likely N-dealkylation sites (tertiary alicyclic amines) is 1. The van der Waals surface area contributed by atoms with Gasteiger partial charge in [0.15, 0.2) is 0 Å². The van der Waals surface area contributed by atoms with Crippen LogP contribution in [0.4, 0.5) is 4.79 Å². The molecule has 1 aliphatic rings. The van der Waals surface area contributed by atoms with Crippen molar-refractivity contribution in [1.82, 2.24) is 25.0 Å². The van der Waals surface area contributed by atoms with Gasteiger partial charge < -0.3 is 9.64 Å². The van der Waals surface area contributed by atoms with Crippen molar-refractivity contribution < 1.29 is 9.53 Å². The number of amides is 1. The van der Waals surface area contributed by atoms with Gasteiger partial charge in [0.25, 0.3) is 0 Å². The zero-order valence-corrected chi connectivity index (χ0v) is 14.9. The van der Waals surface area contributed by atoms with Gasteiger partial charge in [0.2, 0.25) is 0 Å². The van der Waals surface area contributed by atoms with Crippen molar-refractivity contribution in [3.8, 4) is 0 Å². The number of carbonyl (C=O) groups is 1. The average Bonchev–Trinajstić information content (AvgIpc) is 2.92. The van der Waals surface area contributed by atoms with E-state index in [0.717, 1.165) is 50.5 Å². The minimum atomic E-state index is -0.462. The number of H-pyrrole nitrogens is 1. The summed E-state index contributed by atoms with van der Waals surface area (Å²) < 4.78 is 5.46. The zero-order chi connectivity index (χ0) is 17.0. The van der Waals surface area contributed by atoms with Gasteiger partial charge >= 0.3 is 6.09 Å². The van der Waals surface area contributed by atoms with E-state index in [1.807, 2.05) is 34.7 Å². The molecule has 1 saturated heterocycles. The third kappa shape index (κ3) is 5.20. The summed E-state index contributed by atoms with van der Waals surface area (Å²) in [5, 5.41) is 7.17. The minimum absolute atomic E-state index is 0.173. The number of carbonyl (C=O) groups excluding carboxylic acids is 1. The molecule has 1 aromatic rings. The van der Waals surface area contributed by atoms with Crippen LogP contribution in [0, 0.1) is 0 Å². The maximum atomic E-state index is 12.2. The normalized spacial score (nSPS) is 19.6. The summed E-state index contributed by atoms with van der Waals surface area (Å²) in [6, 6.07) is 0.173. The first-order chi connectivity index (χ1) is 10.8. The number of aromatic nitrogens is 3. The summed E-state index contributed by atoms with van der Waals surface area (Å²) in [6.07, 6.45) is 2.65. The molecule has 0 radical (unpaired) electrons. The second kappa shape index (κ2) is 7.29. The number of hydrogen-bond donors (Lipinski definition) is 1. The molecular weight excluding hydrogens is 294 g/mol. The van der Waals surface area contributed by atoms with E-state index >= 15 is 0 Å². The van der Waals surface area contributed by atoms with Crippen molar-refractivity contribution in [2.24, 2.45) is 0 Å². The van der Waals surface area contributed by atoms with Crippen LogP contribution in [-0.4, -0.2) is 62.9 Å². The highest BCUT2D eigenvalue weighted by atomic mass is 16.6. The second-order valence-corrected chi connectivity index (χ2v) is 7.17. The maximum Gasteiger partial charge on any atom is 0.410 e. The molecule has 1 atom stereocenters. The number of nitrogens with zero attached hydrogens (tertiary/aromatic N) is 4. The Balaban J connectivity index is 1.90. The molecule has 130 valence electrons. The number of aryl methyl sites for hydroxylation is 1. The van der Waals surface area contributed by atoms with Gasteiger partial charge in [-0.25, -0.2) is 9.78 Å². The average molecular weight is 323 g/mol. The number of likely N-dealkylation sites (N-methyl/N-ethyl adjacent to an activating group) is 1. The van der Waals surface area contributed by atoms with Crippen LogP contribution in [0.25, 0.3) is 0 Å². The van der Waals surface area contributed by atoms with Crippen LogP contribution in [0.5, 0.6) is 0 Å². The Morgan fingerprint density at radius 2 is 2.22 bits per heavy atom. The Morgan fingerprint density at radius 3 is 2.83 bits per heavy atom. The van der Waals surface area contributed by atoms with E-state index in [2.05, 4.69) is 20.1 Å². The highest BCUT2D eigenvalue weighted by Crippen LogP contribution is 2.18. The van der Waals surface area contributed by atoms with Crippen molar-refractivity contribution in [1.29, 1.82) is 0 Å². The summed E-state index contributed by atoms with van der Waals surface area (Å²) in [5.41, 5.74) is -0.462. The van der Waals surface area contributed by atoms with Crippen LogP contribution < -0.4 is 0 Å². The van der Waals surface area contributed by atoms with Gasteiger partial charge in [-0.05, 0) is 40.2 Å². The molecule has 1 fully saturated rings. The third-order valence-corrected chi connectivity index (χ3v) is 3.98. The van der Waals surface area contributed by atoms with Crippen LogP contribution in [0.1, 0.15) is 52.2 Å². The number of nitrogens with one attached hydrogen (secondary N) is 1. The number of rotatable bonds is 4. The Morgan fingerprint density at radius 1 is 1.48 bits per heavy atom. The van der Waals surface area contributed by atoms with Crippen LogP contribution >= 0.6 is 0 Å². The molecule has 2 heterocycles. The number of ether oxygens (including phenoxy) is 1. The summed E-state index contributed by atoms with van der Waals surface area (Å²) in [6.45, 7) is 10.3. The van der Waals surface area contributed by atoms with E-state index in [0.29, 0.717) is 0 Å². The molecule has 1 N–H and O–H groups in total. The van der Waals surface area contributed by atoms with E-state index in [4.69, 9.17) is 4.74 Å². The number of aromatic amines is 1. The Bertz CT molecular complexity index is 523. The van der Waals surface area contributed by atoms with Crippen molar-refractivity contribution in [3.63, 3.8) is 0 Å². The van der Waals surface area contributed by atoms with Crippen LogP contribution in [0.15, 0.2) is 0 Å². The van der Waals surface area contributed by atoms with E-state index < -0.39 is 5.60 Å². The predicted molar refractivity (Wildman–Crippen MR) is 88.1 cm³/mol. The number of piperidine rings is 1. The maximum absolute atomic E-state index is 12.2. The fourth-order valence-corrected chi connectivity index (χ4v) is 2.75. The van der Waals surface area contributed by atoms with Crippen molar-refractivity contribution >= 4 is 6.09 Å². The molecule has 0 aliphatic carbocycles. The minimum Gasteiger partial charge on any atom is -0.444 e. The van der Waals surface area contributed by atoms with Crippen molar-refractivity contribution in [2.75, 3.05) is 20.1 Å². The smallest absolute Gasteiger partial charge is 0.410 e. The van der Waals surface area contributed by atoms with Gasteiger partial charge in [-0.2, -0.15) is 5.10 Å². The topological polar surface area (TPSA) is 74.4 Å². The highest BCUT2D eigenvalue weighted by molar-refractivity contribution is 5.68. The molecule has 7 nitrogen and oxygen atoms in total. The predicted octanol–water partition coefficient (Wildman–Crippen LogP) is 2.20. The summed E-state index contributed by atoms with van der Waals surface area (Å²) in [4.78, 5) is 20.7. The van der Waals surface area contributed by atoms with Crippen LogP contribution in [0.3, 0.4) is 0 Å². The molecule has 1 amide bonds. The van der Waals surface area contributed by atoms with E-state index in [-0.39, 0.29) is 12.1 Å². The lowest BCUT2D eigenvalue weighted by molar-refractivity contribution is 0.0128. The Hall–Kier alpha value is -1.63. The SMILES string of the molecule is CCc1n[nH]c(CN2CCCC(N(C)C(=O)OC(C)(C)C)C2)n1. The van der Waals surface area contributed by atoms with Gasteiger partial charge in [0, 0.05) is 26.1 Å². The Kier molecular flexibility index (Phi) is 5.62. The second-order valence-electron chi connectivity index (χ2n) is 7.17. The highest BCUT2D eigenvalue weighted by Gasteiger charge is 2.29. The lowest BCUT2D eigenvalue weighted by atomic mass is 10.0. The first kappa shape index (κ1) is 17.7. The lowest BCUT2D eigenvalue weighted by Crippen LogP contribution is -2.49. The molecular formula is C16H29N5O2. The van der Waals surface area contributed by atoms with E-state index in [1.165, 1.54) is 0 Å². The van der Waals surface area contributed by atoms with E-state index in [1.54, 1.807) is 4.90 Å². The van der Waals surface area contributed by atoms with Crippen molar-refractivity contribution in [3.05, 3.63) is 11.6 Å². The van der Waals surface area contributed by atoms with Gasteiger partial charge in [-0.1, -0.05) is 6.92 Å². The van der Waals surface area contributed by atoms with E-state index in [9.17, 15) is 4.79 Å². The largest absolute Gasteiger partial charge is 0.444 e. The summed E-state index contributed by atoms with van der Waals surface area (Å²) in [5.74, 6) is 1.74. The van der Waals surface area contributed by atoms with Crippen molar-refractivity contribution in [2.45, 2.75) is 65.1 Å². The summed E-state index contributed by atoms with van der Waals surface area (Å²) >= 11 is 0. The van der Waals surface area contributed by atoms with Gasteiger partial charge in [0.1, 0.15) is 17.2 Å². The Labute approximate surface area is 138 Å². The first-order valence-electron chi connectivity index (χ1n) is 8.37. The quantitative estimate of drug-likeness (QED) is 0.919. The molecule has 0 spiro atoms. The molecule has 0 saturated carbocycles. The zero-order valence-electron chi connectivity index (χ0n) is 14.9. The molecule has 7 heteroatoms. The fraction of sp³-hybridized carbons (Fsp3) is 0.812. The van der Waals surface area contributed by atoms with Crippen LogP contribution in [0.2, 0.25) is 0 Å². The molecule has 2 rings (SSSR count). The molecule has 0 aromatic carbocycles. The number of hydrogen-bond acceptors (Lipinski definition) is 5. The van der Waals surface area contributed by atoms with Gasteiger partial charge in [0.05, 0.1) is 6.54 Å². The molecule has 1 unspecified atom stereocenters. The monoisotopic (exact) mass is 323 g/mol. The van der Waals surface area contributed by atoms with Gasteiger partial charge in [-0.15, -0.1) is 0 Å². The standard InChI is InChI=1S/C16H29N5O2/c1-6-13-17-14(19-18-13)11-21-9-7-8-12(10-21)20(5)15(22)23-16(2,3)4/h12H,6-11H2,1-5H3,(H,17,18,19). The molecule has 1 aromatic heterocycles. The lowest BCUT2D eigenvalue weighted by Gasteiger charge is -2.37. The molecule has 1 aliphatic heterocycles. The first-order valence-corrected chi connectivity index (χ1v) is 8.37. The summed E-state index contributed by atoms with van der Waals surface area (Å²) in [7, 11) is 1.83. The van der Waals surface area contributed by atoms with Gasteiger partial charge in [-0.3, -0.25) is 10.00 Å². The third-order valence-electron chi connectivity index (χ3n) is 3.98.